The lowest BCUT2D eigenvalue weighted by Gasteiger charge is -2.16. The van der Waals surface area contributed by atoms with E-state index in [4.69, 9.17) is 0 Å². The molecule has 0 spiro atoms. The van der Waals surface area contributed by atoms with Gasteiger partial charge in [0.15, 0.2) is 0 Å². The summed E-state index contributed by atoms with van der Waals surface area (Å²) in [5, 5.41) is 3.44. The lowest BCUT2D eigenvalue weighted by Crippen LogP contribution is -2.21. The monoisotopic (exact) mass is 218 g/mol. The van der Waals surface area contributed by atoms with E-state index < -0.39 is 0 Å². The molecule has 0 saturated heterocycles. The molecule has 1 aromatic heterocycles. The van der Waals surface area contributed by atoms with E-state index in [0.717, 1.165) is 24.1 Å². The Balaban J connectivity index is 1.59. The van der Waals surface area contributed by atoms with Crippen molar-refractivity contribution in [1.29, 1.82) is 0 Å². The molecule has 4 heteroatoms. The van der Waals surface area contributed by atoms with Crippen LogP contribution >= 0.6 is 0 Å². The van der Waals surface area contributed by atoms with Crippen molar-refractivity contribution in [3.8, 4) is 0 Å². The van der Waals surface area contributed by atoms with Crippen molar-refractivity contribution in [2.24, 2.45) is 0 Å². The number of hydrogen-bond donors (Lipinski definition) is 1. The van der Waals surface area contributed by atoms with Gasteiger partial charge in [0.25, 0.3) is 0 Å². The van der Waals surface area contributed by atoms with Gasteiger partial charge in [-0.1, -0.05) is 0 Å². The molecule has 0 atom stereocenters. The summed E-state index contributed by atoms with van der Waals surface area (Å²) in [6.07, 6.45) is 9.00. The molecule has 2 aliphatic carbocycles. The van der Waals surface area contributed by atoms with E-state index in [2.05, 4.69) is 27.2 Å². The summed E-state index contributed by atoms with van der Waals surface area (Å²) < 4.78 is 0. The van der Waals surface area contributed by atoms with Crippen LogP contribution in [0.25, 0.3) is 0 Å². The average molecular weight is 218 g/mol. The summed E-state index contributed by atoms with van der Waals surface area (Å²) in [5.74, 6) is 0.998. The molecule has 3 rings (SSSR count). The Morgan fingerprint density at radius 3 is 2.62 bits per heavy atom. The van der Waals surface area contributed by atoms with Crippen molar-refractivity contribution in [2.75, 3.05) is 11.9 Å². The quantitative estimate of drug-likeness (QED) is 0.809. The predicted octanol–water partition coefficient (Wildman–Crippen LogP) is 1.33. The minimum absolute atomic E-state index is 0.699. The molecule has 0 aromatic carbocycles. The molecule has 0 amide bonds. The summed E-state index contributed by atoms with van der Waals surface area (Å²) in [6, 6.07) is 1.43. The van der Waals surface area contributed by atoms with Crippen LogP contribution in [0, 0.1) is 0 Å². The van der Waals surface area contributed by atoms with Crippen molar-refractivity contribution in [2.45, 2.75) is 44.3 Å². The number of anilines is 1. The Morgan fingerprint density at radius 1 is 1.25 bits per heavy atom. The highest BCUT2D eigenvalue weighted by Gasteiger charge is 2.27. The second kappa shape index (κ2) is 4.01. The zero-order valence-electron chi connectivity index (χ0n) is 9.69. The van der Waals surface area contributed by atoms with Gasteiger partial charge in [0.1, 0.15) is 5.82 Å². The maximum absolute atomic E-state index is 4.46. The third-order valence-corrected chi connectivity index (χ3v) is 3.30. The van der Waals surface area contributed by atoms with E-state index in [1.807, 2.05) is 12.4 Å². The number of nitrogens with zero attached hydrogens (tertiary/aromatic N) is 3. The molecule has 16 heavy (non-hydrogen) atoms. The first-order chi connectivity index (χ1) is 7.83. The third kappa shape index (κ3) is 2.32. The molecule has 86 valence electrons. The number of nitrogens with one attached hydrogen (secondary N) is 1. The van der Waals surface area contributed by atoms with Gasteiger partial charge in [-0.05, 0) is 25.7 Å². The molecule has 2 saturated carbocycles. The summed E-state index contributed by atoms with van der Waals surface area (Å²) in [4.78, 5) is 11.1. The summed E-state index contributed by atoms with van der Waals surface area (Å²) in [5.41, 5.74) is 1.04. The highest BCUT2D eigenvalue weighted by Crippen LogP contribution is 2.28. The van der Waals surface area contributed by atoms with Crippen LogP contribution in [0.1, 0.15) is 31.4 Å². The highest BCUT2D eigenvalue weighted by molar-refractivity contribution is 5.37. The minimum Gasteiger partial charge on any atom is -0.355 e. The molecule has 4 nitrogen and oxygen atoms in total. The van der Waals surface area contributed by atoms with Crippen molar-refractivity contribution in [3.05, 3.63) is 18.1 Å². The Bertz CT molecular complexity index is 354. The van der Waals surface area contributed by atoms with Crippen LogP contribution in [0.15, 0.2) is 12.4 Å². The van der Waals surface area contributed by atoms with Crippen LogP contribution in [-0.4, -0.2) is 29.1 Å². The molecule has 0 aliphatic heterocycles. The van der Waals surface area contributed by atoms with Crippen molar-refractivity contribution < 1.29 is 0 Å². The number of rotatable bonds is 5. The fraction of sp³-hybridized carbons (Fsp3) is 0.667. The minimum atomic E-state index is 0.699. The Morgan fingerprint density at radius 2 is 2.06 bits per heavy atom. The molecule has 0 unspecified atom stereocenters. The summed E-state index contributed by atoms with van der Waals surface area (Å²) >= 11 is 0. The van der Waals surface area contributed by atoms with Crippen molar-refractivity contribution in [3.63, 3.8) is 0 Å². The highest BCUT2D eigenvalue weighted by atomic mass is 15.2. The number of aromatic nitrogens is 2. The molecule has 0 radical (unpaired) electrons. The standard InChI is InChI=1S/C12H18N4/c1-16(11-4-5-11)12-8-14-10(7-15-12)6-13-9-2-3-9/h7-9,11,13H,2-6H2,1H3. The van der Waals surface area contributed by atoms with E-state index in [0.29, 0.717) is 6.04 Å². The zero-order chi connectivity index (χ0) is 11.0. The Hall–Kier alpha value is -1.16. The first kappa shape index (κ1) is 10.0. The van der Waals surface area contributed by atoms with E-state index in [1.54, 1.807) is 0 Å². The average Bonchev–Trinajstić information content (AvgIpc) is 3.19. The number of hydrogen-bond acceptors (Lipinski definition) is 4. The van der Waals surface area contributed by atoms with Crippen LogP contribution in [0.4, 0.5) is 5.82 Å². The molecule has 2 fully saturated rings. The van der Waals surface area contributed by atoms with Gasteiger partial charge in [0, 0.05) is 25.7 Å². The van der Waals surface area contributed by atoms with Gasteiger partial charge in [0.2, 0.25) is 0 Å². The fourth-order valence-electron chi connectivity index (χ4n) is 1.81. The molecule has 1 N–H and O–H groups in total. The van der Waals surface area contributed by atoms with E-state index in [1.165, 1.54) is 25.7 Å². The smallest absolute Gasteiger partial charge is 0.147 e. The largest absolute Gasteiger partial charge is 0.355 e. The Kier molecular flexibility index (Phi) is 2.52. The summed E-state index contributed by atoms with van der Waals surface area (Å²) in [6.45, 7) is 0.852. The van der Waals surface area contributed by atoms with Crippen LogP contribution in [0.3, 0.4) is 0 Å². The van der Waals surface area contributed by atoms with E-state index >= 15 is 0 Å². The zero-order valence-corrected chi connectivity index (χ0v) is 9.69. The van der Waals surface area contributed by atoms with Gasteiger partial charge in [0.05, 0.1) is 18.1 Å². The molecular formula is C12H18N4. The van der Waals surface area contributed by atoms with Gasteiger partial charge < -0.3 is 10.2 Å². The second-order valence-electron chi connectivity index (χ2n) is 4.86. The topological polar surface area (TPSA) is 41.1 Å². The van der Waals surface area contributed by atoms with Gasteiger partial charge >= 0.3 is 0 Å². The van der Waals surface area contributed by atoms with E-state index in [-0.39, 0.29) is 0 Å². The maximum atomic E-state index is 4.46. The molecule has 0 bridgehead atoms. The van der Waals surface area contributed by atoms with Gasteiger partial charge in [-0.25, -0.2) is 4.98 Å². The molecule has 1 heterocycles. The maximum Gasteiger partial charge on any atom is 0.147 e. The van der Waals surface area contributed by atoms with Gasteiger partial charge in [-0.2, -0.15) is 0 Å². The third-order valence-electron chi connectivity index (χ3n) is 3.30. The summed E-state index contributed by atoms with van der Waals surface area (Å²) in [7, 11) is 2.10. The van der Waals surface area contributed by atoms with Crippen LogP contribution < -0.4 is 10.2 Å². The molecular weight excluding hydrogens is 200 g/mol. The van der Waals surface area contributed by atoms with E-state index in [9.17, 15) is 0 Å². The lowest BCUT2D eigenvalue weighted by molar-refractivity contribution is 0.671. The SMILES string of the molecule is CN(c1cnc(CNC2CC2)cn1)C1CC1. The lowest BCUT2D eigenvalue weighted by atomic mass is 10.4. The second-order valence-corrected chi connectivity index (χ2v) is 4.86. The first-order valence-corrected chi connectivity index (χ1v) is 6.10. The van der Waals surface area contributed by atoms with Crippen LogP contribution in [0.5, 0.6) is 0 Å². The Labute approximate surface area is 96.1 Å². The van der Waals surface area contributed by atoms with Crippen LogP contribution in [0.2, 0.25) is 0 Å². The van der Waals surface area contributed by atoms with Crippen LogP contribution in [-0.2, 0) is 6.54 Å². The first-order valence-electron chi connectivity index (χ1n) is 6.10. The van der Waals surface area contributed by atoms with Gasteiger partial charge in [-0.3, -0.25) is 4.98 Å². The predicted molar refractivity (Wildman–Crippen MR) is 63.3 cm³/mol. The normalized spacial score (nSPS) is 19.8. The molecule has 1 aromatic rings. The van der Waals surface area contributed by atoms with Gasteiger partial charge in [-0.15, -0.1) is 0 Å². The van der Waals surface area contributed by atoms with Crippen molar-refractivity contribution in [1.82, 2.24) is 15.3 Å². The molecule has 2 aliphatic rings. The van der Waals surface area contributed by atoms with Crippen molar-refractivity contribution >= 4 is 5.82 Å². The fourth-order valence-corrected chi connectivity index (χ4v) is 1.81.